The van der Waals surface area contributed by atoms with Crippen LogP contribution in [0, 0.1) is 26.6 Å². The molecule has 0 heterocycles. The van der Waals surface area contributed by atoms with Crippen molar-refractivity contribution in [1.82, 2.24) is 0 Å². The molecule has 0 aliphatic carbocycles. The summed E-state index contributed by atoms with van der Waals surface area (Å²) in [7, 11) is 0. The van der Waals surface area contributed by atoms with Gasteiger partial charge in [0.05, 0.1) is 0 Å². The van der Waals surface area contributed by atoms with Gasteiger partial charge in [-0.3, -0.25) is 9.59 Å². The van der Waals surface area contributed by atoms with E-state index in [1.54, 1.807) is 31.2 Å². The Morgan fingerprint density at radius 3 is 1.90 bits per heavy atom. The third-order valence-electron chi connectivity index (χ3n) is 4.83. The van der Waals surface area contributed by atoms with E-state index in [1.807, 2.05) is 32.9 Å². The highest BCUT2D eigenvalue weighted by Crippen LogP contribution is 2.23. The number of ketones is 1. The van der Waals surface area contributed by atoms with E-state index in [1.165, 1.54) is 24.3 Å². The number of anilines is 1. The highest BCUT2D eigenvalue weighted by molar-refractivity contribution is 6.09. The van der Waals surface area contributed by atoms with Gasteiger partial charge in [-0.15, -0.1) is 0 Å². The lowest BCUT2D eigenvalue weighted by Gasteiger charge is -2.17. The molecule has 0 radical (unpaired) electrons. The van der Waals surface area contributed by atoms with E-state index < -0.39 is 11.9 Å². The molecule has 3 aromatic rings. The first kappa shape index (κ1) is 21.2. The van der Waals surface area contributed by atoms with Crippen LogP contribution >= 0.6 is 0 Å². The summed E-state index contributed by atoms with van der Waals surface area (Å²) in [5.74, 6) is -0.376. The van der Waals surface area contributed by atoms with Gasteiger partial charge in [0.25, 0.3) is 5.91 Å². The predicted octanol–water partition coefficient (Wildman–Crippen LogP) is 5.39. The van der Waals surface area contributed by atoms with Crippen LogP contribution < -0.4 is 10.1 Å². The molecule has 30 heavy (non-hydrogen) atoms. The SMILES string of the molecule is Cc1cc(C)c(NC(=O)C(C)Oc2ccc(C(=O)c3ccc(F)cc3)cc2)c(C)c1. The molecule has 3 rings (SSSR count). The van der Waals surface area contributed by atoms with Gasteiger partial charge in [0.1, 0.15) is 11.6 Å². The molecule has 0 aromatic heterocycles. The Kier molecular flexibility index (Phi) is 6.31. The van der Waals surface area contributed by atoms with Crippen molar-refractivity contribution in [3.8, 4) is 5.75 Å². The molecule has 154 valence electrons. The summed E-state index contributed by atoms with van der Waals surface area (Å²) in [5.41, 5.74) is 4.79. The highest BCUT2D eigenvalue weighted by Gasteiger charge is 2.17. The van der Waals surface area contributed by atoms with E-state index in [-0.39, 0.29) is 11.7 Å². The van der Waals surface area contributed by atoms with E-state index in [0.29, 0.717) is 16.9 Å². The standard InChI is InChI=1S/C25H24FNO3/c1-15-13-16(2)23(17(3)14-15)27-25(29)18(4)30-22-11-7-20(8-12-22)24(28)19-5-9-21(26)10-6-19/h5-14,18H,1-4H3,(H,27,29). The van der Waals surface area contributed by atoms with Gasteiger partial charge in [-0.2, -0.15) is 0 Å². The maximum atomic E-state index is 13.0. The summed E-state index contributed by atoms with van der Waals surface area (Å²) >= 11 is 0. The van der Waals surface area contributed by atoms with Gasteiger partial charge in [0, 0.05) is 16.8 Å². The minimum absolute atomic E-state index is 0.210. The molecule has 1 N–H and O–H groups in total. The van der Waals surface area contributed by atoms with Gasteiger partial charge in [-0.1, -0.05) is 17.7 Å². The van der Waals surface area contributed by atoms with E-state index in [9.17, 15) is 14.0 Å². The number of hydrogen-bond donors (Lipinski definition) is 1. The highest BCUT2D eigenvalue weighted by atomic mass is 19.1. The molecular weight excluding hydrogens is 381 g/mol. The van der Waals surface area contributed by atoms with E-state index in [4.69, 9.17) is 4.74 Å². The second-order valence-corrected chi connectivity index (χ2v) is 7.38. The molecule has 5 heteroatoms. The summed E-state index contributed by atoms with van der Waals surface area (Å²) in [6, 6.07) is 16.0. The Labute approximate surface area is 175 Å². The largest absolute Gasteiger partial charge is 0.481 e. The summed E-state index contributed by atoms with van der Waals surface area (Å²) in [6.07, 6.45) is -0.719. The quantitative estimate of drug-likeness (QED) is 0.560. The summed E-state index contributed by atoms with van der Waals surface area (Å²) in [5, 5.41) is 2.93. The van der Waals surface area contributed by atoms with Gasteiger partial charge >= 0.3 is 0 Å². The molecule has 1 unspecified atom stereocenters. The fourth-order valence-corrected chi connectivity index (χ4v) is 3.31. The van der Waals surface area contributed by atoms with Gasteiger partial charge in [0.15, 0.2) is 11.9 Å². The van der Waals surface area contributed by atoms with Crippen molar-refractivity contribution in [2.24, 2.45) is 0 Å². The van der Waals surface area contributed by atoms with Crippen LogP contribution in [0.25, 0.3) is 0 Å². The zero-order valence-electron chi connectivity index (χ0n) is 17.5. The van der Waals surface area contributed by atoms with E-state index in [0.717, 1.165) is 22.4 Å². The van der Waals surface area contributed by atoms with Crippen LogP contribution in [0.3, 0.4) is 0 Å². The number of benzene rings is 3. The second kappa shape index (κ2) is 8.91. The minimum atomic E-state index is -0.719. The first-order chi connectivity index (χ1) is 14.2. The molecular formula is C25H24FNO3. The summed E-state index contributed by atoms with van der Waals surface area (Å²) < 4.78 is 18.8. The molecule has 0 fully saturated rings. The molecule has 3 aromatic carbocycles. The maximum Gasteiger partial charge on any atom is 0.265 e. The normalized spacial score (nSPS) is 11.6. The molecule has 0 saturated heterocycles. The van der Waals surface area contributed by atoms with Crippen molar-refractivity contribution in [1.29, 1.82) is 0 Å². The Balaban J connectivity index is 1.65. The Bertz CT molecular complexity index is 1050. The van der Waals surface area contributed by atoms with Crippen molar-refractivity contribution < 1.29 is 18.7 Å². The van der Waals surface area contributed by atoms with Gasteiger partial charge in [0.2, 0.25) is 0 Å². The molecule has 1 atom stereocenters. The van der Waals surface area contributed by atoms with Crippen LogP contribution in [0.1, 0.15) is 39.5 Å². The number of ether oxygens (including phenoxy) is 1. The Hall–Kier alpha value is -3.47. The monoisotopic (exact) mass is 405 g/mol. The van der Waals surface area contributed by atoms with Crippen LogP contribution in [-0.2, 0) is 4.79 Å². The Morgan fingerprint density at radius 2 is 1.37 bits per heavy atom. The van der Waals surface area contributed by atoms with Crippen LogP contribution in [0.5, 0.6) is 5.75 Å². The predicted molar refractivity (Wildman–Crippen MR) is 116 cm³/mol. The van der Waals surface area contributed by atoms with Crippen LogP contribution in [0.4, 0.5) is 10.1 Å². The number of rotatable bonds is 6. The van der Waals surface area contributed by atoms with Gasteiger partial charge in [-0.25, -0.2) is 4.39 Å². The average Bonchev–Trinajstić information content (AvgIpc) is 2.71. The first-order valence-electron chi connectivity index (χ1n) is 9.70. The Morgan fingerprint density at radius 1 is 0.867 bits per heavy atom. The lowest BCUT2D eigenvalue weighted by molar-refractivity contribution is -0.122. The molecule has 0 aliphatic heterocycles. The summed E-state index contributed by atoms with van der Waals surface area (Å²) in [6.45, 7) is 7.60. The molecule has 1 amide bonds. The van der Waals surface area contributed by atoms with Crippen molar-refractivity contribution in [3.63, 3.8) is 0 Å². The molecule has 0 aliphatic rings. The molecule has 0 spiro atoms. The maximum absolute atomic E-state index is 13.0. The van der Waals surface area contributed by atoms with Crippen LogP contribution in [0.2, 0.25) is 0 Å². The third-order valence-corrected chi connectivity index (χ3v) is 4.83. The van der Waals surface area contributed by atoms with Crippen molar-refractivity contribution in [2.45, 2.75) is 33.8 Å². The topological polar surface area (TPSA) is 55.4 Å². The lowest BCUT2D eigenvalue weighted by Crippen LogP contribution is -2.30. The first-order valence-corrected chi connectivity index (χ1v) is 9.70. The van der Waals surface area contributed by atoms with E-state index in [2.05, 4.69) is 5.32 Å². The number of halogens is 1. The smallest absolute Gasteiger partial charge is 0.265 e. The van der Waals surface area contributed by atoms with Crippen LogP contribution in [0.15, 0.2) is 60.7 Å². The van der Waals surface area contributed by atoms with Gasteiger partial charge in [-0.05, 0) is 87.4 Å². The fraction of sp³-hybridized carbons (Fsp3) is 0.200. The number of hydrogen-bond acceptors (Lipinski definition) is 3. The number of aryl methyl sites for hydroxylation is 3. The minimum Gasteiger partial charge on any atom is -0.481 e. The lowest BCUT2D eigenvalue weighted by atomic mass is 10.0. The number of nitrogens with one attached hydrogen (secondary N) is 1. The summed E-state index contributed by atoms with van der Waals surface area (Å²) in [4.78, 5) is 25.0. The van der Waals surface area contributed by atoms with Crippen molar-refractivity contribution in [2.75, 3.05) is 5.32 Å². The zero-order chi connectivity index (χ0) is 21.8. The van der Waals surface area contributed by atoms with Gasteiger partial charge < -0.3 is 10.1 Å². The van der Waals surface area contributed by atoms with Crippen LogP contribution in [-0.4, -0.2) is 17.8 Å². The average molecular weight is 405 g/mol. The zero-order valence-corrected chi connectivity index (χ0v) is 17.5. The third kappa shape index (κ3) is 4.92. The number of carbonyl (C=O) groups excluding carboxylic acids is 2. The number of carbonyl (C=O) groups is 2. The van der Waals surface area contributed by atoms with E-state index >= 15 is 0 Å². The molecule has 0 bridgehead atoms. The molecule has 0 saturated carbocycles. The van der Waals surface area contributed by atoms with Crippen molar-refractivity contribution in [3.05, 3.63) is 94.3 Å². The number of amides is 1. The molecule has 4 nitrogen and oxygen atoms in total. The fourth-order valence-electron chi connectivity index (χ4n) is 3.31. The second-order valence-electron chi connectivity index (χ2n) is 7.38. The van der Waals surface area contributed by atoms with Crippen molar-refractivity contribution >= 4 is 17.4 Å².